The van der Waals surface area contributed by atoms with Crippen LogP contribution < -0.4 is 10.9 Å². The SMILES string of the molecule is CC1CCN(C(=O)c2cc(NC(=O)c3cccc(Br)c3)c(=O)n(C)c2)CC1. The number of carbonyl (C=O) groups excluding carboxylic acids is 2. The zero-order valence-corrected chi connectivity index (χ0v) is 17.0. The minimum absolute atomic E-state index is 0.0960. The Morgan fingerprint density at radius 1 is 1.15 bits per heavy atom. The number of likely N-dealkylation sites (tertiary alicyclic amines) is 1. The maximum atomic E-state index is 12.8. The monoisotopic (exact) mass is 431 g/mol. The Bertz CT molecular complexity index is 930. The van der Waals surface area contributed by atoms with Crippen molar-refractivity contribution in [2.45, 2.75) is 19.8 Å². The third-order valence-electron chi connectivity index (χ3n) is 4.84. The highest BCUT2D eigenvalue weighted by atomic mass is 79.9. The molecule has 142 valence electrons. The molecule has 1 fully saturated rings. The smallest absolute Gasteiger partial charge is 0.274 e. The zero-order valence-electron chi connectivity index (χ0n) is 15.4. The van der Waals surface area contributed by atoms with Crippen LogP contribution in [0.4, 0.5) is 5.69 Å². The Hall–Kier alpha value is -2.41. The van der Waals surface area contributed by atoms with E-state index in [0.717, 1.165) is 17.3 Å². The molecule has 0 atom stereocenters. The molecule has 0 unspecified atom stereocenters. The van der Waals surface area contributed by atoms with Gasteiger partial charge < -0.3 is 14.8 Å². The van der Waals surface area contributed by atoms with E-state index in [1.54, 1.807) is 30.1 Å². The first-order valence-corrected chi connectivity index (χ1v) is 9.71. The second-order valence-electron chi connectivity index (χ2n) is 7.00. The summed E-state index contributed by atoms with van der Waals surface area (Å²) in [7, 11) is 1.58. The molecule has 0 radical (unpaired) electrons. The van der Waals surface area contributed by atoms with Crippen LogP contribution in [0.3, 0.4) is 0 Å². The van der Waals surface area contributed by atoms with E-state index in [2.05, 4.69) is 28.2 Å². The summed E-state index contributed by atoms with van der Waals surface area (Å²) >= 11 is 3.32. The molecule has 1 aromatic carbocycles. The Morgan fingerprint density at radius 2 is 1.85 bits per heavy atom. The number of rotatable bonds is 3. The van der Waals surface area contributed by atoms with Gasteiger partial charge in [0.25, 0.3) is 17.4 Å². The standard InChI is InChI=1S/C20H22BrN3O3/c1-13-6-8-24(9-7-13)19(26)15-11-17(20(27)23(2)12-15)22-18(25)14-4-3-5-16(21)10-14/h3-5,10-13H,6-9H2,1-2H3,(H,22,25). The van der Waals surface area contributed by atoms with Crippen LogP contribution in [-0.2, 0) is 7.05 Å². The molecular weight excluding hydrogens is 410 g/mol. The molecule has 27 heavy (non-hydrogen) atoms. The van der Waals surface area contributed by atoms with Gasteiger partial charge in [-0.25, -0.2) is 0 Å². The highest BCUT2D eigenvalue weighted by Crippen LogP contribution is 2.19. The van der Waals surface area contributed by atoms with Crippen molar-refractivity contribution < 1.29 is 9.59 Å². The molecule has 1 aliphatic rings. The third kappa shape index (κ3) is 4.47. The van der Waals surface area contributed by atoms with Crippen molar-refractivity contribution in [3.05, 3.63) is 62.5 Å². The average Bonchev–Trinajstić information content (AvgIpc) is 2.65. The Balaban J connectivity index is 1.85. The maximum Gasteiger partial charge on any atom is 0.274 e. The summed E-state index contributed by atoms with van der Waals surface area (Å²) in [4.78, 5) is 39.5. The number of aromatic nitrogens is 1. The lowest BCUT2D eigenvalue weighted by atomic mass is 9.99. The highest BCUT2D eigenvalue weighted by molar-refractivity contribution is 9.10. The minimum Gasteiger partial charge on any atom is -0.339 e. The van der Waals surface area contributed by atoms with Crippen LogP contribution in [0.5, 0.6) is 0 Å². The molecule has 2 amide bonds. The number of nitrogens with one attached hydrogen (secondary N) is 1. The van der Waals surface area contributed by atoms with E-state index in [0.29, 0.717) is 30.1 Å². The van der Waals surface area contributed by atoms with Crippen LogP contribution in [0.2, 0.25) is 0 Å². The van der Waals surface area contributed by atoms with E-state index in [1.807, 2.05) is 6.07 Å². The predicted octanol–water partition coefficient (Wildman–Crippen LogP) is 3.27. The molecule has 0 saturated carbocycles. The molecule has 1 aromatic heterocycles. The van der Waals surface area contributed by atoms with E-state index < -0.39 is 5.91 Å². The molecule has 6 nitrogen and oxygen atoms in total. The fourth-order valence-corrected chi connectivity index (χ4v) is 3.54. The van der Waals surface area contributed by atoms with Crippen molar-refractivity contribution in [2.24, 2.45) is 13.0 Å². The number of pyridine rings is 1. The number of hydrogen-bond donors (Lipinski definition) is 1. The topological polar surface area (TPSA) is 71.4 Å². The van der Waals surface area contributed by atoms with Gasteiger partial charge in [0.05, 0.1) is 5.56 Å². The quantitative estimate of drug-likeness (QED) is 0.810. The molecule has 0 aliphatic carbocycles. The van der Waals surface area contributed by atoms with E-state index in [-0.39, 0.29) is 17.2 Å². The summed E-state index contributed by atoms with van der Waals surface area (Å²) in [5.74, 6) is 0.106. The van der Waals surface area contributed by atoms with Gasteiger partial charge in [-0.05, 0) is 43.0 Å². The van der Waals surface area contributed by atoms with Crippen molar-refractivity contribution >= 4 is 33.4 Å². The maximum absolute atomic E-state index is 12.8. The van der Waals surface area contributed by atoms with E-state index >= 15 is 0 Å². The summed E-state index contributed by atoms with van der Waals surface area (Å²) in [6.07, 6.45) is 3.48. The predicted molar refractivity (Wildman–Crippen MR) is 108 cm³/mol. The van der Waals surface area contributed by atoms with Crippen LogP contribution in [0, 0.1) is 5.92 Å². The molecule has 1 aliphatic heterocycles. The van der Waals surface area contributed by atoms with Crippen molar-refractivity contribution in [2.75, 3.05) is 18.4 Å². The van der Waals surface area contributed by atoms with Gasteiger partial charge in [-0.15, -0.1) is 0 Å². The third-order valence-corrected chi connectivity index (χ3v) is 5.33. The van der Waals surface area contributed by atoms with Gasteiger partial charge in [0.1, 0.15) is 5.69 Å². The van der Waals surface area contributed by atoms with Gasteiger partial charge in [-0.1, -0.05) is 28.9 Å². The summed E-state index contributed by atoms with van der Waals surface area (Å²) in [5.41, 5.74) is 0.560. The Morgan fingerprint density at radius 3 is 2.52 bits per heavy atom. The van der Waals surface area contributed by atoms with Crippen LogP contribution >= 0.6 is 15.9 Å². The van der Waals surface area contributed by atoms with Gasteiger partial charge >= 0.3 is 0 Å². The highest BCUT2D eigenvalue weighted by Gasteiger charge is 2.23. The normalized spacial score (nSPS) is 14.9. The molecule has 7 heteroatoms. The van der Waals surface area contributed by atoms with E-state index in [1.165, 1.54) is 16.8 Å². The van der Waals surface area contributed by atoms with E-state index in [4.69, 9.17) is 0 Å². The molecule has 0 bridgehead atoms. The second kappa shape index (κ2) is 8.08. The van der Waals surface area contributed by atoms with Gasteiger partial charge in [-0.2, -0.15) is 0 Å². The largest absolute Gasteiger partial charge is 0.339 e. The number of nitrogens with zero attached hydrogens (tertiary/aromatic N) is 2. The van der Waals surface area contributed by atoms with Crippen molar-refractivity contribution in [1.29, 1.82) is 0 Å². The van der Waals surface area contributed by atoms with Crippen LogP contribution in [0.15, 0.2) is 45.8 Å². The van der Waals surface area contributed by atoms with Crippen LogP contribution in [0.25, 0.3) is 0 Å². The Labute approximate surface area is 166 Å². The van der Waals surface area contributed by atoms with E-state index in [9.17, 15) is 14.4 Å². The average molecular weight is 432 g/mol. The summed E-state index contributed by atoms with van der Waals surface area (Å²) < 4.78 is 2.10. The lowest BCUT2D eigenvalue weighted by Gasteiger charge is -2.30. The Kier molecular flexibility index (Phi) is 5.79. The fourth-order valence-electron chi connectivity index (χ4n) is 3.14. The minimum atomic E-state index is -0.398. The number of anilines is 1. The number of benzene rings is 1. The summed E-state index contributed by atoms with van der Waals surface area (Å²) in [6.45, 7) is 3.61. The second-order valence-corrected chi connectivity index (χ2v) is 7.91. The van der Waals surface area contributed by atoms with Gasteiger partial charge in [0, 0.05) is 36.4 Å². The molecule has 1 N–H and O–H groups in total. The number of halogens is 1. The van der Waals surface area contributed by atoms with Crippen molar-refractivity contribution in [3.8, 4) is 0 Å². The number of piperidine rings is 1. The molecular formula is C20H22BrN3O3. The molecule has 2 aromatic rings. The van der Waals surface area contributed by atoms with Crippen molar-refractivity contribution in [3.63, 3.8) is 0 Å². The van der Waals surface area contributed by atoms with Crippen LogP contribution in [-0.4, -0.2) is 34.4 Å². The molecule has 3 rings (SSSR count). The lowest BCUT2D eigenvalue weighted by molar-refractivity contribution is 0.0696. The number of hydrogen-bond acceptors (Lipinski definition) is 3. The number of carbonyl (C=O) groups is 2. The fraction of sp³-hybridized carbons (Fsp3) is 0.350. The summed E-state index contributed by atoms with van der Waals surface area (Å²) in [5, 5.41) is 2.64. The van der Waals surface area contributed by atoms with Gasteiger partial charge in [0.2, 0.25) is 0 Å². The van der Waals surface area contributed by atoms with Crippen molar-refractivity contribution in [1.82, 2.24) is 9.47 Å². The first-order valence-electron chi connectivity index (χ1n) is 8.92. The first kappa shape index (κ1) is 19.4. The number of amides is 2. The zero-order chi connectivity index (χ0) is 19.6. The molecule has 1 saturated heterocycles. The summed E-state index contributed by atoms with van der Waals surface area (Å²) in [6, 6.07) is 8.36. The van der Waals surface area contributed by atoms with Gasteiger partial charge in [-0.3, -0.25) is 14.4 Å². The first-order chi connectivity index (χ1) is 12.8. The van der Waals surface area contributed by atoms with Gasteiger partial charge in [0.15, 0.2) is 0 Å². The molecule has 2 heterocycles. The van der Waals surface area contributed by atoms with Crippen LogP contribution in [0.1, 0.15) is 40.5 Å². The molecule has 0 spiro atoms. The lowest BCUT2D eigenvalue weighted by Crippen LogP contribution is -2.38. The number of aryl methyl sites for hydroxylation is 1.